The summed E-state index contributed by atoms with van der Waals surface area (Å²) in [6, 6.07) is 22.9. The number of hydrogen-bond donors (Lipinski definition) is 0. The second kappa shape index (κ2) is 8.27. The van der Waals surface area contributed by atoms with E-state index in [2.05, 4.69) is 15.9 Å². The van der Waals surface area contributed by atoms with Gasteiger partial charge in [-0.2, -0.15) is 0 Å². The Morgan fingerprint density at radius 2 is 1.42 bits per heavy atom. The van der Waals surface area contributed by atoms with Crippen LogP contribution >= 0.6 is 15.9 Å². The van der Waals surface area contributed by atoms with E-state index in [9.17, 15) is 4.79 Å². The summed E-state index contributed by atoms with van der Waals surface area (Å²) in [4.78, 5) is 12.8. The Hall–Kier alpha value is -2.41. The molecule has 1 saturated heterocycles. The van der Waals surface area contributed by atoms with Crippen molar-refractivity contribution in [2.45, 2.75) is 38.9 Å². The van der Waals surface area contributed by atoms with Gasteiger partial charge >= 0.3 is 13.1 Å². The first kappa shape index (κ1) is 21.8. The summed E-state index contributed by atoms with van der Waals surface area (Å²) in [5.41, 5.74) is 2.44. The van der Waals surface area contributed by atoms with Crippen LogP contribution in [0.2, 0.25) is 0 Å². The van der Waals surface area contributed by atoms with E-state index in [-0.39, 0.29) is 0 Å². The molecule has 0 aliphatic carbocycles. The minimum atomic E-state index is -0.556. The molecule has 1 aliphatic heterocycles. The van der Waals surface area contributed by atoms with Crippen LogP contribution < -0.4 is 10.2 Å². The predicted octanol–water partition coefficient (Wildman–Crippen LogP) is 5.63. The Bertz CT molecular complexity index is 1080. The zero-order chi connectivity index (χ0) is 22.2. The van der Waals surface area contributed by atoms with E-state index in [1.54, 1.807) is 24.3 Å². The van der Waals surface area contributed by atoms with E-state index in [0.717, 1.165) is 21.1 Å². The molecule has 4 rings (SSSR count). The summed E-state index contributed by atoms with van der Waals surface area (Å²) in [5.74, 6) is 0.0494. The van der Waals surface area contributed by atoms with Gasteiger partial charge in [0.2, 0.25) is 0 Å². The number of rotatable bonds is 4. The lowest BCUT2D eigenvalue weighted by atomic mass is 9.78. The van der Waals surface area contributed by atoms with Gasteiger partial charge in [-0.25, -0.2) is 4.79 Å². The van der Waals surface area contributed by atoms with Crippen LogP contribution in [-0.2, 0) is 9.31 Å². The summed E-state index contributed by atoms with van der Waals surface area (Å²) in [5, 5.41) is 0. The molecule has 1 fully saturated rings. The Morgan fingerprint density at radius 3 is 2.03 bits per heavy atom. The van der Waals surface area contributed by atoms with Crippen molar-refractivity contribution in [3.63, 3.8) is 0 Å². The Labute approximate surface area is 191 Å². The number of benzene rings is 3. The average molecular weight is 479 g/mol. The van der Waals surface area contributed by atoms with E-state index in [1.807, 2.05) is 76.2 Å². The van der Waals surface area contributed by atoms with Crippen molar-refractivity contribution in [3.05, 3.63) is 82.8 Å². The van der Waals surface area contributed by atoms with E-state index in [4.69, 9.17) is 14.0 Å². The van der Waals surface area contributed by atoms with E-state index in [1.165, 1.54) is 0 Å². The fourth-order valence-corrected chi connectivity index (χ4v) is 3.87. The van der Waals surface area contributed by atoms with Crippen LogP contribution in [0.5, 0.6) is 5.75 Å². The lowest BCUT2D eigenvalue weighted by molar-refractivity contribution is 0.00578. The molecule has 4 nitrogen and oxygen atoms in total. The summed E-state index contributed by atoms with van der Waals surface area (Å²) in [7, 11) is -0.556. The highest BCUT2D eigenvalue weighted by Crippen LogP contribution is 2.36. The first-order valence-corrected chi connectivity index (χ1v) is 11.0. The maximum absolute atomic E-state index is 12.8. The normalized spacial score (nSPS) is 16.9. The van der Waals surface area contributed by atoms with Gasteiger partial charge in [-0.1, -0.05) is 58.4 Å². The van der Waals surface area contributed by atoms with Crippen molar-refractivity contribution in [2.24, 2.45) is 0 Å². The van der Waals surface area contributed by atoms with Crippen molar-refractivity contribution >= 4 is 34.5 Å². The summed E-state index contributed by atoms with van der Waals surface area (Å²) < 4.78 is 18.6. The average Bonchev–Trinajstić information content (AvgIpc) is 2.96. The first-order chi connectivity index (χ1) is 14.6. The van der Waals surface area contributed by atoms with Crippen molar-refractivity contribution < 1.29 is 18.8 Å². The van der Waals surface area contributed by atoms with Gasteiger partial charge in [0.15, 0.2) is 0 Å². The van der Waals surface area contributed by atoms with Gasteiger partial charge in [-0.3, -0.25) is 0 Å². The second-order valence-corrected chi connectivity index (χ2v) is 9.56. The molecule has 3 aromatic carbocycles. The maximum atomic E-state index is 12.8. The third-order valence-corrected chi connectivity index (χ3v) is 6.31. The molecule has 0 unspecified atom stereocenters. The lowest BCUT2D eigenvalue weighted by Crippen LogP contribution is -2.41. The minimum Gasteiger partial charge on any atom is -0.423 e. The highest BCUT2D eigenvalue weighted by molar-refractivity contribution is 9.10. The Morgan fingerprint density at radius 1 is 0.839 bits per heavy atom. The number of carbonyl (C=O) groups excluding carboxylic acids is 1. The molecule has 0 aromatic heterocycles. The summed E-state index contributed by atoms with van der Waals surface area (Å²) in [6.45, 7) is 8.00. The van der Waals surface area contributed by atoms with Gasteiger partial charge in [-0.15, -0.1) is 0 Å². The fraction of sp³-hybridized carbons (Fsp3) is 0.240. The topological polar surface area (TPSA) is 44.8 Å². The zero-order valence-electron chi connectivity index (χ0n) is 18.0. The summed E-state index contributed by atoms with van der Waals surface area (Å²) in [6.07, 6.45) is 0. The molecule has 6 heteroatoms. The molecule has 0 atom stereocenters. The predicted molar refractivity (Wildman–Crippen MR) is 127 cm³/mol. The molecular weight excluding hydrogens is 455 g/mol. The quantitative estimate of drug-likeness (QED) is 0.276. The maximum Gasteiger partial charge on any atom is 0.494 e. The number of carbonyl (C=O) groups is 1. The van der Waals surface area contributed by atoms with Gasteiger partial charge < -0.3 is 14.0 Å². The first-order valence-electron chi connectivity index (χ1n) is 10.2. The zero-order valence-corrected chi connectivity index (χ0v) is 19.6. The van der Waals surface area contributed by atoms with Gasteiger partial charge in [0.25, 0.3) is 0 Å². The molecule has 0 amide bonds. The largest absolute Gasteiger partial charge is 0.494 e. The van der Waals surface area contributed by atoms with E-state index >= 15 is 0 Å². The van der Waals surface area contributed by atoms with Gasteiger partial charge in [0.05, 0.1) is 16.8 Å². The van der Waals surface area contributed by atoms with Crippen molar-refractivity contribution in [2.75, 3.05) is 0 Å². The molecule has 158 valence electrons. The van der Waals surface area contributed by atoms with Crippen molar-refractivity contribution in [1.29, 1.82) is 0 Å². The molecule has 31 heavy (non-hydrogen) atoms. The van der Waals surface area contributed by atoms with Crippen LogP contribution in [0.1, 0.15) is 38.1 Å². The molecule has 0 spiro atoms. The molecule has 0 radical (unpaired) electrons. The molecule has 0 N–H and O–H groups in total. The number of halogens is 1. The van der Waals surface area contributed by atoms with E-state index < -0.39 is 24.3 Å². The highest BCUT2D eigenvalue weighted by atomic mass is 79.9. The van der Waals surface area contributed by atoms with Crippen LogP contribution in [0.15, 0.2) is 77.3 Å². The molecule has 1 aliphatic rings. The highest BCUT2D eigenvalue weighted by Gasteiger charge is 2.51. The second-order valence-electron chi connectivity index (χ2n) is 8.64. The smallest absolute Gasteiger partial charge is 0.423 e. The van der Waals surface area contributed by atoms with Crippen LogP contribution in [0.25, 0.3) is 11.1 Å². The minimum absolute atomic E-state index is 0.422. The fourth-order valence-electron chi connectivity index (χ4n) is 3.36. The van der Waals surface area contributed by atoms with Crippen LogP contribution in [0.4, 0.5) is 0 Å². The van der Waals surface area contributed by atoms with E-state index in [0.29, 0.717) is 11.3 Å². The molecular formula is C25H24BBrO4. The van der Waals surface area contributed by atoms with Crippen molar-refractivity contribution in [1.82, 2.24) is 0 Å². The molecule has 0 bridgehead atoms. The van der Waals surface area contributed by atoms with Gasteiger partial charge in [-0.05, 0) is 74.6 Å². The Kier molecular flexibility index (Phi) is 5.82. The molecule has 0 saturated carbocycles. The molecule has 1 heterocycles. The van der Waals surface area contributed by atoms with Crippen molar-refractivity contribution in [3.8, 4) is 16.9 Å². The van der Waals surface area contributed by atoms with Crippen LogP contribution in [0, 0.1) is 0 Å². The third kappa shape index (κ3) is 4.61. The van der Waals surface area contributed by atoms with Crippen LogP contribution in [0.3, 0.4) is 0 Å². The SMILES string of the molecule is CC1(C)OB(c2cc(Br)cc(C(=O)Oc3ccc(-c4ccccc4)cc3)c2)OC1(C)C. The summed E-state index contributed by atoms with van der Waals surface area (Å²) >= 11 is 3.49. The standard InChI is InChI=1S/C25H24BBrO4/c1-24(2)25(3,4)31-26(30-24)20-14-19(15-21(27)16-20)23(28)29-22-12-10-18(11-13-22)17-8-6-5-7-9-17/h5-16H,1-4H3. The molecule has 3 aromatic rings. The van der Waals surface area contributed by atoms with Crippen LogP contribution in [-0.4, -0.2) is 24.3 Å². The third-order valence-electron chi connectivity index (χ3n) is 5.85. The lowest BCUT2D eigenvalue weighted by Gasteiger charge is -2.32. The number of ether oxygens (including phenoxy) is 1. The van der Waals surface area contributed by atoms with Gasteiger partial charge in [0.1, 0.15) is 5.75 Å². The van der Waals surface area contributed by atoms with Gasteiger partial charge in [0, 0.05) is 4.47 Å². The number of hydrogen-bond acceptors (Lipinski definition) is 4. The Balaban J connectivity index is 1.52. The monoisotopic (exact) mass is 478 g/mol. The number of esters is 1.